The molecule has 0 unspecified atom stereocenters. The van der Waals surface area contributed by atoms with Crippen molar-refractivity contribution in [1.82, 2.24) is 5.32 Å². The lowest BCUT2D eigenvalue weighted by molar-refractivity contribution is 0.291. The molecule has 0 radical (unpaired) electrons. The molecule has 1 aromatic carbocycles. The van der Waals surface area contributed by atoms with E-state index < -0.39 is 0 Å². The van der Waals surface area contributed by atoms with E-state index in [4.69, 9.17) is 21.3 Å². The maximum Gasteiger partial charge on any atom is 0.205 e. The summed E-state index contributed by atoms with van der Waals surface area (Å²) in [5.74, 6) is 1.09. The molecule has 0 atom stereocenters. The number of amidine groups is 1. The number of hydrogen-bond acceptors (Lipinski definition) is 5. The van der Waals surface area contributed by atoms with Crippen LogP contribution >= 0.6 is 11.6 Å². The van der Waals surface area contributed by atoms with Crippen LogP contribution in [0.4, 0.5) is 5.69 Å². The second-order valence-electron chi connectivity index (χ2n) is 6.94. The molecule has 1 aliphatic rings. The zero-order valence-corrected chi connectivity index (χ0v) is 19.0. The van der Waals surface area contributed by atoms with Crippen molar-refractivity contribution < 1.29 is 4.74 Å². The summed E-state index contributed by atoms with van der Waals surface area (Å²) in [5, 5.41) is 13.3. The summed E-state index contributed by atoms with van der Waals surface area (Å²) in [7, 11) is 1.53. The van der Waals surface area contributed by atoms with Crippen LogP contribution in [0.2, 0.25) is 5.02 Å². The van der Waals surface area contributed by atoms with Crippen LogP contribution < -0.4 is 10.2 Å². The molecule has 162 valence electrons. The lowest BCUT2D eigenvalue weighted by atomic mass is 9.99. The van der Waals surface area contributed by atoms with Crippen LogP contribution in [0.3, 0.4) is 0 Å². The summed E-state index contributed by atoms with van der Waals surface area (Å²) in [5.41, 5.74) is 4.69. The summed E-state index contributed by atoms with van der Waals surface area (Å²) in [6.07, 6.45) is 6.13. The van der Waals surface area contributed by atoms with Crippen molar-refractivity contribution in [2.24, 2.45) is 9.98 Å². The van der Waals surface area contributed by atoms with E-state index in [0.717, 1.165) is 35.6 Å². The molecule has 7 heteroatoms. The Morgan fingerprint density at radius 3 is 2.87 bits per heavy atom. The first kappa shape index (κ1) is 24.0. The molecule has 1 aromatic rings. The Balaban J connectivity index is 2.30. The van der Waals surface area contributed by atoms with Crippen molar-refractivity contribution in [2.75, 3.05) is 31.6 Å². The molecule has 1 N–H and O–H groups in total. The predicted molar refractivity (Wildman–Crippen MR) is 130 cm³/mol. The van der Waals surface area contributed by atoms with Gasteiger partial charge in [0.05, 0.1) is 24.9 Å². The van der Waals surface area contributed by atoms with Crippen LogP contribution in [-0.4, -0.2) is 38.8 Å². The number of allylic oxidation sites excluding steroid dienone is 1. The zero-order chi connectivity index (χ0) is 22.8. The number of aliphatic imine (C=N–C) groups is 2. The summed E-state index contributed by atoms with van der Waals surface area (Å²) in [6, 6.07) is 7.65. The normalized spacial score (nSPS) is 15.1. The van der Waals surface area contributed by atoms with Gasteiger partial charge in [0, 0.05) is 29.9 Å². The van der Waals surface area contributed by atoms with Crippen LogP contribution in [0, 0.1) is 11.3 Å². The summed E-state index contributed by atoms with van der Waals surface area (Å²) >= 11 is 6.07. The Morgan fingerprint density at radius 2 is 2.23 bits per heavy atom. The van der Waals surface area contributed by atoms with Crippen molar-refractivity contribution in [1.29, 1.82) is 5.26 Å². The van der Waals surface area contributed by atoms with E-state index in [1.165, 1.54) is 12.7 Å². The third-order valence-electron chi connectivity index (χ3n) is 4.97. The molecule has 1 heterocycles. The van der Waals surface area contributed by atoms with Gasteiger partial charge < -0.3 is 15.0 Å². The number of nitrogens with one attached hydrogen (secondary N) is 1. The Kier molecular flexibility index (Phi) is 9.11. The molecule has 31 heavy (non-hydrogen) atoms. The van der Waals surface area contributed by atoms with Gasteiger partial charge in [-0.05, 0) is 56.8 Å². The lowest BCUT2D eigenvalue weighted by Crippen LogP contribution is -2.37. The van der Waals surface area contributed by atoms with Crippen molar-refractivity contribution in [3.63, 3.8) is 0 Å². The molecular formula is C24H28ClN5O. The Labute approximate surface area is 189 Å². The molecule has 1 aliphatic heterocycles. The quantitative estimate of drug-likeness (QED) is 0.352. The minimum atomic E-state index is 0.338. The van der Waals surface area contributed by atoms with Gasteiger partial charge in [0.2, 0.25) is 5.88 Å². The van der Waals surface area contributed by atoms with Gasteiger partial charge in [-0.2, -0.15) is 5.26 Å². The van der Waals surface area contributed by atoms with E-state index in [0.29, 0.717) is 29.6 Å². The molecule has 0 spiro atoms. The Bertz CT molecular complexity index is 998. The van der Waals surface area contributed by atoms with Crippen LogP contribution in [0.25, 0.3) is 0 Å². The number of anilines is 1. The van der Waals surface area contributed by atoms with Crippen molar-refractivity contribution >= 4 is 29.3 Å². The summed E-state index contributed by atoms with van der Waals surface area (Å²) in [4.78, 5) is 11.1. The van der Waals surface area contributed by atoms with E-state index in [2.05, 4.69) is 41.4 Å². The van der Waals surface area contributed by atoms with Gasteiger partial charge in [0.25, 0.3) is 0 Å². The van der Waals surface area contributed by atoms with E-state index in [9.17, 15) is 5.26 Å². The highest BCUT2D eigenvalue weighted by Crippen LogP contribution is 2.28. The number of halogens is 1. The van der Waals surface area contributed by atoms with E-state index in [1.807, 2.05) is 25.1 Å². The average molecular weight is 438 g/mol. The minimum Gasteiger partial charge on any atom is -0.481 e. The van der Waals surface area contributed by atoms with Gasteiger partial charge in [-0.15, -0.1) is 0 Å². The number of benzene rings is 1. The van der Waals surface area contributed by atoms with Gasteiger partial charge >= 0.3 is 0 Å². The Morgan fingerprint density at radius 1 is 1.45 bits per heavy atom. The fraction of sp³-hybridized carbons (Fsp3) is 0.292. The van der Waals surface area contributed by atoms with Gasteiger partial charge in [-0.3, -0.25) is 4.99 Å². The molecule has 0 bridgehead atoms. The fourth-order valence-electron chi connectivity index (χ4n) is 3.12. The molecule has 0 saturated heterocycles. The predicted octanol–water partition coefficient (Wildman–Crippen LogP) is 5.00. The van der Waals surface area contributed by atoms with Gasteiger partial charge in [-0.1, -0.05) is 29.8 Å². The number of nitriles is 1. The minimum absolute atomic E-state index is 0.338. The third-order valence-corrected chi connectivity index (χ3v) is 5.20. The maximum atomic E-state index is 9.53. The van der Waals surface area contributed by atoms with Gasteiger partial charge in [0.1, 0.15) is 11.9 Å². The highest BCUT2D eigenvalue weighted by molar-refractivity contribution is 6.30. The molecule has 0 fully saturated rings. The van der Waals surface area contributed by atoms with Gasteiger partial charge in [0.15, 0.2) is 0 Å². The number of hydrogen-bond donors (Lipinski definition) is 1. The molecule has 2 rings (SSSR count). The van der Waals surface area contributed by atoms with Crippen molar-refractivity contribution in [2.45, 2.75) is 20.3 Å². The van der Waals surface area contributed by atoms with E-state index >= 15 is 0 Å². The van der Waals surface area contributed by atoms with Gasteiger partial charge in [-0.25, -0.2) is 4.99 Å². The monoisotopic (exact) mass is 437 g/mol. The standard InChI is InChI=1S/C24H28ClN5O/c1-6-19(14-28-18(4)31-5)15-29-24(27-7-2)22-16-30(11-10-17(22)3)23-9-8-21(25)12-20(23)13-26/h6-9,12,14H,2,4,10-11,15-16H2,1,3,5H3,(H,27,29)/b19-6+,28-14-. The fourth-order valence-corrected chi connectivity index (χ4v) is 3.30. The van der Waals surface area contributed by atoms with Crippen molar-refractivity contribution in [3.05, 3.63) is 76.8 Å². The zero-order valence-electron chi connectivity index (χ0n) is 18.3. The summed E-state index contributed by atoms with van der Waals surface area (Å²) in [6.45, 7) is 13.4. The van der Waals surface area contributed by atoms with Crippen molar-refractivity contribution in [3.8, 4) is 6.07 Å². The topological polar surface area (TPSA) is 73.0 Å². The third kappa shape index (κ3) is 6.59. The van der Waals surface area contributed by atoms with Crippen LogP contribution in [0.5, 0.6) is 0 Å². The second-order valence-corrected chi connectivity index (χ2v) is 7.37. The highest BCUT2D eigenvalue weighted by Gasteiger charge is 2.22. The lowest BCUT2D eigenvalue weighted by Gasteiger charge is -2.33. The smallest absolute Gasteiger partial charge is 0.205 e. The first-order chi connectivity index (χ1) is 14.9. The second kappa shape index (κ2) is 11.8. The highest BCUT2D eigenvalue weighted by atomic mass is 35.5. The van der Waals surface area contributed by atoms with Crippen LogP contribution in [0.1, 0.15) is 25.8 Å². The molecule has 0 saturated carbocycles. The number of nitrogens with zero attached hydrogens (tertiary/aromatic N) is 4. The number of rotatable bonds is 8. The Hall–Kier alpha value is -3.30. The average Bonchev–Trinajstić information content (AvgIpc) is 2.78. The largest absolute Gasteiger partial charge is 0.481 e. The SMILES string of the molecule is C=CNC(=NCC(/C=N\C(=C)OC)=C/C)C1=C(C)CCN(c2ccc(Cl)cc2C#N)C1. The molecule has 0 amide bonds. The number of methoxy groups -OCH3 is 1. The first-order valence-corrected chi connectivity index (χ1v) is 10.3. The van der Waals surface area contributed by atoms with Crippen LogP contribution in [0.15, 0.2) is 76.2 Å². The molecular weight excluding hydrogens is 410 g/mol. The van der Waals surface area contributed by atoms with E-state index in [-0.39, 0.29) is 0 Å². The first-order valence-electron chi connectivity index (χ1n) is 9.91. The maximum absolute atomic E-state index is 9.53. The molecule has 0 aromatic heterocycles. The molecule has 6 nitrogen and oxygen atoms in total. The number of ether oxygens (including phenoxy) is 1. The molecule has 0 aliphatic carbocycles. The van der Waals surface area contributed by atoms with E-state index in [1.54, 1.807) is 18.5 Å². The summed E-state index contributed by atoms with van der Waals surface area (Å²) < 4.78 is 4.97. The van der Waals surface area contributed by atoms with Crippen LogP contribution in [-0.2, 0) is 4.74 Å².